The minimum atomic E-state index is -4.15. The van der Waals surface area contributed by atoms with Gasteiger partial charge in [0.2, 0.25) is 9.84 Å². The summed E-state index contributed by atoms with van der Waals surface area (Å²) in [5.74, 6) is -0.673. The Morgan fingerprint density at radius 2 is 1.68 bits per heavy atom. The van der Waals surface area contributed by atoms with Crippen molar-refractivity contribution in [3.8, 4) is 5.75 Å². The Morgan fingerprint density at radius 3 is 2.12 bits per heavy atom. The van der Waals surface area contributed by atoms with Crippen molar-refractivity contribution < 1.29 is 22.9 Å². The van der Waals surface area contributed by atoms with Crippen LogP contribution in [0.2, 0.25) is 0 Å². The van der Waals surface area contributed by atoms with Crippen LogP contribution in [0.3, 0.4) is 0 Å². The van der Waals surface area contributed by atoms with Gasteiger partial charge >= 0.3 is 0 Å². The lowest BCUT2D eigenvalue weighted by molar-refractivity contribution is -0.384. The summed E-state index contributed by atoms with van der Waals surface area (Å²) in [6, 6.07) is 10.5. The van der Waals surface area contributed by atoms with Gasteiger partial charge in [-0.2, -0.15) is 0 Å². The average molecular weight is 362 g/mol. The van der Waals surface area contributed by atoms with Gasteiger partial charge in [0.15, 0.2) is 0 Å². The van der Waals surface area contributed by atoms with Crippen LogP contribution in [0.5, 0.6) is 5.75 Å². The minimum Gasteiger partial charge on any atom is -0.497 e. The molecule has 130 valence electrons. The Labute approximate surface area is 143 Å². The minimum absolute atomic E-state index is 0.125. The number of amides is 1. The van der Waals surface area contributed by atoms with Gasteiger partial charge in [-0.3, -0.25) is 14.9 Å². The fourth-order valence-electron chi connectivity index (χ4n) is 2.01. The third kappa shape index (κ3) is 4.01. The topological polar surface area (TPSA) is 130 Å². The van der Waals surface area contributed by atoms with Crippen molar-refractivity contribution in [2.75, 3.05) is 7.11 Å². The van der Waals surface area contributed by atoms with Crippen molar-refractivity contribution in [2.45, 2.75) is 4.90 Å². The Bertz CT molecular complexity index is 932. The third-order valence-electron chi connectivity index (χ3n) is 3.30. The van der Waals surface area contributed by atoms with Crippen LogP contribution in [0.15, 0.2) is 58.3 Å². The maximum Gasteiger partial charge on any atom is 0.269 e. The SMILES string of the molecule is COc1ccc(S(=O)(=O)/C(=C\c2ccc([N+](=O)[O-])cc2)C(N)=O)cc1. The van der Waals surface area contributed by atoms with E-state index in [1.54, 1.807) is 0 Å². The van der Waals surface area contributed by atoms with Crippen molar-refractivity contribution >= 4 is 27.5 Å². The fourth-order valence-corrected chi connectivity index (χ4v) is 3.31. The molecule has 25 heavy (non-hydrogen) atoms. The van der Waals surface area contributed by atoms with E-state index in [0.717, 1.165) is 6.08 Å². The summed E-state index contributed by atoms with van der Waals surface area (Å²) in [6.45, 7) is 0. The van der Waals surface area contributed by atoms with Crippen LogP contribution >= 0.6 is 0 Å². The predicted octanol–water partition coefficient (Wildman–Crippen LogP) is 1.90. The molecule has 0 bridgehead atoms. The van der Waals surface area contributed by atoms with Crippen LogP contribution in [0, 0.1) is 10.1 Å². The number of ether oxygens (including phenoxy) is 1. The zero-order valence-electron chi connectivity index (χ0n) is 13.1. The molecule has 8 nitrogen and oxygen atoms in total. The number of hydrogen-bond donors (Lipinski definition) is 1. The zero-order valence-corrected chi connectivity index (χ0v) is 13.9. The van der Waals surface area contributed by atoms with E-state index in [1.165, 1.54) is 55.6 Å². The molecule has 0 heterocycles. The van der Waals surface area contributed by atoms with Crippen molar-refractivity contribution in [1.82, 2.24) is 0 Å². The lowest BCUT2D eigenvalue weighted by Gasteiger charge is -2.07. The summed E-state index contributed by atoms with van der Waals surface area (Å²) in [6.07, 6.45) is 1.08. The maximum absolute atomic E-state index is 12.6. The first-order valence-electron chi connectivity index (χ1n) is 6.91. The lowest BCUT2D eigenvalue weighted by Crippen LogP contribution is -2.21. The highest BCUT2D eigenvalue weighted by molar-refractivity contribution is 7.96. The summed E-state index contributed by atoms with van der Waals surface area (Å²) in [4.78, 5) is 21.0. The standard InChI is InChI=1S/C16H14N2O6S/c1-24-13-6-8-14(9-7-13)25(22,23)15(16(17)19)10-11-2-4-12(5-3-11)18(20)21/h2-10H,1H3,(H2,17,19)/b15-10-. The summed E-state index contributed by atoms with van der Waals surface area (Å²) >= 11 is 0. The molecule has 0 saturated heterocycles. The summed E-state index contributed by atoms with van der Waals surface area (Å²) in [7, 11) is -2.72. The number of primary amides is 1. The average Bonchev–Trinajstić information content (AvgIpc) is 2.59. The van der Waals surface area contributed by atoms with Crippen molar-refractivity contribution in [3.63, 3.8) is 0 Å². The van der Waals surface area contributed by atoms with Crippen molar-refractivity contribution in [1.29, 1.82) is 0 Å². The number of methoxy groups -OCH3 is 1. The fraction of sp³-hybridized carbons (Fsp3) is 0.0625. The van der Waals surface area contributed by atoms with E-state index >= 15 is 0 Å². The second-order valence-corrected chi connectivity index (χ2v) is 6.82. The highest BCUT2D eigenvalue weighted by Gasteiger charge is 2.25. The van der Waals surface area contributed by atoms with E-state index in [0.29, 0.717) is 5.75 Å². The first kappa shape index (κ1) is 18.1. The number of sulfone groups is 1. The van der Waals surface area contributed by atoms with Crippen LogP contribution in [0.4, 0.5) is 5.69 Å². The van der Waals surface area contributed by atoms with Gasteiger partial charge in [0.25, 0.3) is 11.6 Å². The Balaban J connectivity index is 2.48. The molecule has 1 amide bonds. The number of rotatable bonds is 6. The highest BCUT2D eigenvalue weighted by atomic mass is 32.2. The predicted molar refractivity (Wildman–Crippen MR) is 90.4 cm³/mol. The van der Waals surface area contributed by atoms with E-state index in [9.17, 15) is 23.3 Å². The molecule has 0 spiro atoms. The Morgan fingerprint density at radius 1 is 1.12 bits per heavy atom. The van der Waals surface area contributed by atoms with Crippen LogP contribution in [0.25, 0.3) is 6.08 Å². The molecule has 2 aromatic rings. The Kier molecular flexibility index (Phi) is 5.18. The summed E-state index contributed by atoms with van der Waals surface area (Å²) < 4.78 is 30.2. The molecule has 9 heteroatoms. The normalized spacial score (nSPS) is 11.8. The van der Waals surface area contributed by atoms with Crippen LogP contribution in [-0.4, -0.2) is 26.4 Å². The highest BCUT2D eigenvalue weighted by Crippen LogP contribution is 2.24. The van der Waals surface area contributed by atoms with Gasteiger partial charge in [0, 0.05) is 12.1 Å². The van der Waals surface area contributed by atoms with Crippen LogP contribution in [-0.2, 0) is 14.6 Å². The molecule has 2 aromatic carbocycles. The third-order valence-corrected chi connectivity index (χ3v) is 5.09. The van der Waals surface area contributed by atoms with Crippen LogP contribution < -0.4 is 10.5 Å². The maximum atomic E-state index is 12.6. The van der Waals surface area contributed by atoms with E-state index in [4.69, 9.17) is 10.5 Å². The number of nitro benzene ring substituents is 1. The second-order valence-electron chi connectivity index (χ2n) is 4.90. The lowest BCUT2D eigenvalue weighted by atomic mass is 10.2. The molecule has 0 aromatic heterocycles. The van der Waals surface area contributed by atoms with Crippen LogP contribution in [0.1, 0.15) is 5.56 Å². The summed E-state index contributed by atoms with van der Waals surface area (Å²) in [5, 5.41) is 10.6. The zero-order chi connectivity index (χ0) is 18.6. The number of nitro groups is 1. The number of carbonyl (C=O) groups is 1. The van der Waals surface area contributed by atoms with Crippen molar-refractivity contribution in [3.05, 3.63) is 69.1 Å². The molecule has 0 saturated carbocycles. The van der Waals surface area contributed by atoms with Gasteiger partial charge in [0.05, 0.1) is 16.9 Å². The largest absolute Gasteiger partial charge is 0.497 e. The Hall–Kier alpha value is -3.20. The van der Waals surface area contributed by atoms with Gasteiger partial charge in [-0.25, -0.2) is 8.42 Å². The molecule has 0 fully saturated rings. The number of nitrogens with two attached hydrogens (primary N) is 1. The van der Waals surface area contributed by atoms with Gasteiger partial charge in [-0.1, -0.05) is 0 Å². The van der Waals surface area contributed by atoms with E-state index in [2.05, 4.69) is 0 Å². The molecule has 0 atom stereocenters. The quantitative estimate of drug-likeness (QED) is 0.474. The summed E-state index contributed by atoms with van der Waals surface area (Å²) in [5.41, 5.74) is 5.35. The number of non-ortho nitro benzene ring substituents is 1. The molecule has 0 unspecified atom stereocenters. The van der Waals surface area contributed by atoms with E-state index in [1.807, 2.05) is 0 Å². The molecule has 0 aliphatic carbocycles. The molecule has 0 aliphatic rings. The van der Waals surface area contributed by atoms with Gasteiger partial charge in [0.1, 0.15) is 10.7 Å². The first-order chi connectivity index (χ1) is 11.8. The van der Waals surface area contributed by atoms with Gasteiger partial charge in [-0.05, 0) is 48.0 Å². The second kappa shape index (κ2) is 7.14. The van der Waals surface area contributed by atoms with Gasteiger partial charge < -0.3 is 10.5 Å². The molecular weight excluding hydrogens is 348 g/mol. The molecule has 0 radical (unpaired) electrons. The van der Waals surface area contributed by atoms with Gasteiger partial charge in [-0.15, -0.1) is 0 Å². The first-order valence-corrected chi connectivity index (χ1v) is 8.39. The molecule has 2 rings (SSSR count). The molecular formula is C16H14N2O6S. The number of nitrogens with zero attached hydrogens (tertiary/aromatic N) is 1. The molecule has 2 N–H and O–H groups in total. The number of hydrogen-bond acceptors (Lipinski definition) is 6. The molecule has 0 aliphatic heterocycles. The number of carbonyl (C=O) groups excluding carboxylic acids is 1. The van der Waals surface area contributed by atoms with E-state index < -0.39 is 25.6 Å². The number of benzene rings is 2. The smallest absolute Gasteiger partial charge is 0.269 e. The van der Waals surface area contributed by atoms with Crippen molar-refractivity contribution in [2.24, 2.45) is 5.73 Å². The monoisotopic (exact) mass is 362 g/mol. The van der Waals surface area contributed by atoms with E-state index in [-0.39, 0.29) is 16.1 Å².